The standard InChI is InChI=1S/C23H27FN6O5/c1-3-34-22(32)19-13-29(27-26-19)11-17-12-30(23(33)35-17)16-4-5-21(18(24)10-16)28-8-6-15(7-9-28)20(14-31)25-2/h4-5,10,13,15,17,20,31H,3,6-9,11-12,14H2,1H3/t17-,20?/m0/s1. The number of ether oxygens (including phenoxy) is 2. The Balaban J connectivity index is 1.37. The molecule has 2 aliphatic heterocycles. The molecule has 3 heterocycles. The number of hydrogen-bond acceptors (Lipinski definition) is 8. The fourth-order valence-corrected chi connectivity index (χ4v) is 4.46. The van der Waals surface area contributed by atoms with Gasteiger partial charge in [0, 0.05) is 19.0 Å². The van der Waals surface area contributed by atoms with E-state index in [9.17, 15) is 14.7 Å². The second-order valence-corrected chi connectivity index (χ2v) is 8.50. The summed E-state index contributed by atoms with van der Waals surface area (Å²) >= 11 is 0. The van der Waals surface area contributed by atoms with Crippen LogP contribution in [0.2, 0.25) is 0 Å². The van der Waals surface area contributed by atoms with Gasteiger partial charge in [0.05, 0.1) is 37.3 Å². The summed E-state index contributed by atoms with van der Waals surface area (Å²) in [7, 11) is 0. The maximum atomic E-state index is 15.0. The number of carbonyl (C=O) groups is 2. The van der Waals surface area contributed by atoms with Crippen molar-refractivity contribution in [2.75, 3.05) is 42.6 Å². The van der Waals surface area contributed by atoms with Crippen LogP contribution in [-0.4, -0.2) is 77.2 Å². The van der Waals surface area contributed by atoms with Crippen molar-refractivity contribution < 1.29 is 28.6 Å². The predicted molar refractivity (Wildman–Crippen MR) is 122 cm³/mol. The number of rotatable bonds is 8. The third kappa shape index (κ3) is 5.35. The number of hydrogen-bond donors (Lipinski definition) is 1. The molecule has 0 aliphatic carbocycles. The lowest BCUT2D eigenvalue weighted by molar-refractivity contribution is 0.0519. The molecule has 2 atom stereocenters. The van der Waals surface area contributed by atoms with Gasteiger partial charge in [0.25, 0.3) is 0 Å². The summed E-state index contributed by atoms with van der Waals surface area (Å²) in [6.07, 6.45) is 1.68. The van der Waals surface area contributed by atoms with E-state index in [1.54, 1.807) is 19.1 Å². The molecule has 2 aliphatic rings. The zero-order valence-electron chi connectivity index (χ0n) is 19.3. The molecule has 1 unspecified atom stereocenters. The number of carbonyl (C=O) groups excluding carboxylic acids is 2. The molecule has 0 saturated carbocycles. The minimum absolute atomic E-state index is 0.0655. The number of piperidine rings is 1. The average Bonchev–Trinajstić information content (AvgIpc) is 3.47. The van der Waals surface area contributed by atoms with Crippen molar-refractivity contribution >= 4 is 23.4 Å². The van der Waals surface area contributed by atoms with E-state index in [0.29, 0.717) is 37.3 Å². The lowest BCUT2D eigenvalue weighted by Gasteiger charge is -2.33. The summed E-state index contributed by atoms with van der Waals surface area (Å²) in [5.41, 5.74) is 0.886. The van der Waals surface area contributed by atoms with Gasteiger partial charge in [-0.25, -0.2) is 25.2 Å². The van der Waals surface area contributed by atoms with Gasteiger partial charge in [0.15, 0.2) is 5.69 Å². The summed E-state index contributed by atoms with van der Waals surface area (Å²) in [4.78, 5) is 30.9. The van der Waals surface area contributed by atoms with E-state index in [4.69, 9.17) is 16.0 Å². The number of benzene rings is 1. The van der Waals surface area contributed by atoms with Crippen LogP contribution >= 0.6 is 0 Å². The van der Waals surface area contributed by atoms with E-state index >= 15 is 4.39 Å². The quantitative estimate of drug-likeness (QED) is 0.446. The Hall–Kier alpha value is -3.72. The molecular formula is C23H27FN6O5. The molecule has 1 amide bonds. The first-order valence-electron chi connectivity index (χ1n) is 11.5. The SMILES string of the molecule is [C-]#[N+]C(CO)C1CCN(c2ccc(N3C[C@H](Cn4cc(C(=O)OCC)nn4)OC3=O)cc2F)CC1. The first-order chi connectivity index (χ1) is 16.9. The minimum Gasteiger partial charge on any atom is -0.461 e. The topological polar surface area (TPSA) is 114 Å². The number of nitrogens with zero attached hydrogens (tertiary/aromatic N) is 6. The summed E-state index contributed by atoms with van der Waals surface area (Å²) < 4.78 is 26.7. The Morgan fingerprint density at radius 1 is 1.40 bits per heavy atom. The lowest BCUT2D eigenvalue weighted by atomic mass is 9.90. The monoisotopic (exact) mass is 486 g/mol. The molecule has 0 bridgehead atoms. The molecule has 0 radical (unpaired) electrons. The van der Waals surface area contributed by atoms with Gasteiger partial charge in [-0.3, -0.25) is 4.90 Å². The Labute approximate surface area is 201 Å². The second kappa shape index (κ2) is 10.7. The van der Waals surface area contributed by atoms with E-state index in [2.05, 4.69) is 15.2 Å². The highest BCUT2D eigenvalue weighted by atomic mass is 19.1. The number of esters is 1. The largest absolute Gasteiger partial charge is 0.461 e. The molecule has 0 spiro atoms. The molecule has 1 aromatic heterocycles. The molecule has 186 valence electrons. The second-order valence-electron chi connectivity index (χ2n) is 8.50. The van der Waals surface area contributed by atoms with E-state index in [0.717, 1.165) is 0 Å². The number of aromatic nitrogens is 3. The summed E-state index contributed by atoms with van der Waals surface area (Å²) in [6, 6.07) is 4.23. The molecule has 12 heteroatoms. The van der Waals surface area contributed by atoms with Crippen LogP contribution in [0.1, 0.15) is 30.3 Å². The van der Waals surface area contributed by atoms with Gasteiger partial charge < -0.3 is 24.3 Å². The van der Waals surface area contributed by atoms with Gasteiger partial charge in [-0.15, -0.1) is 5.10 Å². The zero-order valence-corrected chi connectivity index (χ0v) is 19.3. The van der Waals surface area contributed by atoms with E-state index in [-0.39, 0.29) is 37.9 Å². The van der Waals surface area contributed by atoms with E-state index in [1.807, 2.05) is 4.90 Å². The van der Waals surface area contributed by atoms with E-state index < -0.39 is 30.0 Å². The van der Waals surface area contributed by atoms with Crippen LogP contribution in [-0.2, 0) is 16.0 Å². The van der Waals surface area contributed by atoms with Crippen LogP contribution in [0.25, 0.3) is 4.85 Å². The van der Waals surface area contributed by atoms with Crippen LogP contribution in [0.15, 0.2) is 24.4 Å². The van der Waals surface area contributed by atoms with Crippen LogP contribution < -0.4 is 9.80 Å². The maximum Gasteiger partial charge on any atom is 0.414 e. The van der Waals surface area contributed by atoms with Crippen LogP contribution in [0, 0.1) is 18.3 Å². The molecule has 2 saturated heterocycles. The highest BCUT2D eigenvalue weighted by Crippen LogP contribution is 2.31. The fourth-order valence-electron chi connectivity index (χ4n) is 4.46. The van der Waals surface area contributed by atoms with Gasteiger partial charge in [0.1, 0.15) is 18.5 Å². The van der Waals surface area contributed by atoms with Gasteiger partial charge in [-0.2, -0.15) is 0 Å². The van der Waals surface area contributed by atoms with Crippen LogP contribution in [0.4, 0.5) is 20.6 Å². The molecule has 2 aromatic rings. The number of aliphatic hydroxyl groups is 1. The summed E-state index contributed by atoms with van der Waals surface area (Å²) in [5.74, 6) is -0.926. The Bertz CT molecular complexity index is 1110. The molecular weight excluding hydrogens is 459 g/mol. The third-order valence-corrected chi connectivity index (χ3v) is 6.31. The van der Waals surface area contributed by atoms with Crippen molar-refractivity contribution in [2.24, 2.45) is 5.92 Å². The predicted octanol–water partition coefficient (Wildman–Crippen LogP) is 2.12. The van der Waals surface area contributed by atoms with Crippen molar-refractivity contribution in [1.29, 1.82) is 0 Å². The van der Waals surface area contributed by atoms with Gasteiger partial charge in [-0.05, 0) is 38.0 Å². The van der Waals surface area contributed by atoms with Gasteiger partial charge in [0.2, 0.25) is 6.04 Å². The molecule has 35 heavy (non-hydrogen) atoms. The average molecular weight is 487 g/mol. The smallest absolute Gasteiger partial charge is 0.414 e. The molecule has 1 aromatic carbocycles. The molecule has 4 rings (SSSR count). The highest BCUT2D eigenvalue weighted by Gasteiger charge is 2.34. The van der Waals surface area contributed by atoms with Crippen molar-refractivity contribution in [2.45, 2.75) is 38.5 Å². The first kappa shape index (κ1) is 24.4. The van der Waals surface area contributed by atoms with Crippen molar-refractivity contribution in [3.05, 3.63) is 47.3 Å². The first-order valence-corrected chi connectivity index (χ1v) is 11.5. The minimum atomic E-state index is -0.595. The number of halogens is 1. The number of amides is 1. The van der Waals surface area contributed by atoms with Gasteiger partial charge in [-0.1, -0.05) is 5.21 Å². The number of anilines is 2. The summed E-state index contributed by atoms with van der Waals surface area (Å²) in [6.45, 7) is 10.5. The normalized spacial score (nSPS) is 19.4. The van der Waals surface area contributed by atoms with Crippen molar-refractivity contribution in [1.82, 2.24) is 15.0 Å². The molecule has 11 nitrogen and oxygen atoms in total. The van der Waals surface area contributed by atoms with Crippen LogP contribution in [0.3, 0.4) is 0 Å². The van der Waals surface area contributed by atoms with Gasteiger partial charge >= 0.3 is 12.1 Å². The Kier molecular flexibility index (Phi) is 7.45. The molecule has 1 N–H and O–H groups in total. The zero-order chi connectivity index (χ0) is 24.9. The van der Waals surface area contributed by atoms with E-state index in [1.165, 1.54) is 21.8 Å². The lowest BCUT2D eigenvalue weighted by Crippen LogP contribution is -2.38. The maximum absolute atomic E-state index is 15.0. The van der Waals surface area contributed by atoms with Crippen LogP contribution in [0.5, 0.6) is 0 Å². The summed E-state index contributed by atoms with van der Waals surface area (Å²) in [5, 5.41) is 17.0. The van der Waals surface area contributed by atoms with Crippen molar-refractivity contribution in [3.8, 4) is 0 Å². The Morgan fingerprint density at radius 3 is 2.83 bits per heavy atom. The Morgan fingerprint density at radius 2 is 2.17 bits per heavy atom. The number of cyclic esters (lactones) is 1. The molecule has 2 fully saturated rings. The highest BCUT2D eigenvalue weighted by molar-refractivity contribution is 5.90. The fraction of sp³-hybridized carbons (Fsp3) is 0.522. The third-order valence-electron chi connectivity index (χ3n) is 6.31. The number of aliphatic hydroxyl groups excluding tert-OH is 1. The van der Waals surface area contributed by atoms with Crippen molar-refractivity contribution in [3.63, 3.8) is 0 Å².